The van der Waals surface area contributed by atoms with Gasteiger partial charge in [0.25, 0.3) is 11.5 Å². The van der Waals surface area contributed by atoms with Crippen molar-refractivity contribution < 1.29 is 24.2 Å². The van der Waals surface area contributed by atoms with Crippen LogP contribution in [-0.4, -0.2) is 84.6 Å². The molecule has 1 saturated carbocycles. The summed E-state index contributed by atoms with van der Waals surface area (Å²) in [6.07, 6.45) is 3.93. The van der Waals surface area contributed by atoms with Gasteiger partial charge in [-0.05, 0) is 100 Å². The van der Waals surface area contributed by atoms with E-state index < -0.39 is 11.2 Å². The van der Waals surface area contributed by atoms with E-state index in [0.29, 0.717) is 77.5 Å². The molecule has 2 aromatic carbocycles. The number of hydrogen-bond acceptors (Lipinski definition) is 7. The van der Waals surface area contributed by atoms with Crippen LogP contribution in [0.5, 0.6) is 0 Å². The van der Waals surface area contributed by atoms with Gasteiger partial charge in [0.05, 0.1) is 42.8 Å². The number of carbonyl (C=O) groups excluding carboxylic acids is 2. The van der Waals surface area contributed by atoms with Crippen molar-refractivity contribution in [3.8, 4) is 5.69 Å². The van der Waals surface area contributed by atoms with Gasteiger partial charge in [-0.15, -0.1) is 0 Å². The van der Waals surface area contributed by atoms with Crippen molar-refractivity contribution in [3.05, 3.63) is 92.6 Å². The van der Waals surface area contributed by atoms with E-state index in [9.17, 15) is 19.5 Å². The monoisotopic (exact) mass is 721 g/mol. The van der Waals surface area contributed by atoms with Crippen molar-refractivity contribution in [1.29, 1.82) is 0 Å². The van der Waals surface area contributed by atoms with Gasteiger partial charge in [0.1, 0.15) is 17.1 Å². The number of likely N-dealkylation sites (tertiary alicyclic amines) is 1. The van der Waals surface area contributed by atoms with Gasteiger partial charge in [-0.3, -0.25) is 23.6 Å². The fourth-order valence-corrected chi connectivity index (χ4v) is 7.31. The molecule has 0 spiro atoms. The molecule has 2 saturated heterocycles. The molecule has 7 rings (SSSR count). The summed E-state index contributed by atoms with van der Waals surface area (Å²) < 4.78 is 15.1. The second-order valence-electron chi connectivity index (χ2n) is 14.7. The number of rotatable bonds is 6. The predicted octanol–water partition coefficient (Wildman–Crippen LogP) is 6.25. The average Bonchev–Trinajstić information content (AvgIpc) is 3.88. The topological polar surface area (TPSA) is 119 Å². The highest BCUT2D eigenvalue weighted by molar-refractivity contribution is 6.31. The minimum atomic E-state index is -1.19. The van der Waals surface area contributed by atoms with Crippen molar-refractivity contribution in [2.45, 2.75) is 76.3 Å². The summed E-state index contributed by atoms with van der Waals surface area (Å²) in [5, 5.41) is 12.6. The van der Waals surface area contributed by atoms with Gasteiger partial charge in [0, 0.05) is 29.4 Å². The lowest BCUT2D eigenvalue weighted by atomic mass is 9.91. The molecule has 2 aliphatic heterocycles. The maximum Gasteiger partial charge on any atom is 0.410 e. The number of aliphatic hydroxyl groups is 1. The Kier molecular flexibility index (Phi) is 9.21. The fourth-order valence-electron chi connectivity index (χ4n) is 6.90. The molecule has 2 atom stereocenters. The number of amides is 2. The molecule has 2 amide bonds. The van der Waals surface area contributed by atoms with Crippen molar-refractivity contribution >= 4 is 46.2 Å². The Balaban J connectivity index is 1.07. The minimum Gasteiger partial charge on any atom is -0.444 e. The van der Waals surface area contributed by atoms with E-state index in [1.165, 1.54) is 10.9 Å². The molecule has 0 unspecified atom stereocenters. The molecule has 50 heavy (non-hydrogen) atoms. The average molecular weight is 723 g/mol. The van der Waals surface area contributed by atoms with Gasteiger partial charge in [-0.2, -0.15) is 0 Å². The normalized spacial score (nSPS) is 21.0. The zero-order chi connectivity index (χ0) is 35.4. The lowest BCUT2D eigenvalue weighted by Gasteiger charge is -2.40. The van der Waals surface area contributed by atoms with E-state index in [4.69, 9.17) is 32.7 Å². The number of ether oxygens (including phenoxy) is 2. The first-order chi connectivity index (χ1) is 23.8. The Bertz CT molecular complexity index is 1960. The van der Waals surface area contributed by atoms with Crippen molar-refractivity contribution in [1.82, 2.24) is 23.9 Å². The van der Waals surface area contributed by atoms with Gasteiger partial charge in [-0.25, -0.2) is 9.78 Å². The van der Waals surface area contributed by atoms with Crippen LogP contribution in [0.15, 0.2) is 65.7 Å². The molecule has 0 bridgehead atoms. The smallest absolute Gasteiger partial charge is 0.410 e. The van der Waals surface area contributed by atoms with E-state index in [1.54, 1.807) is 44.7 Å². The van der Waals surface area contributed by atoms with Crippen molar-refractivity contribution in [2.24, 2.45) is 5.92 Å². The highest BCUT2D eigenvalue weighted by atomic mass is 35.5. The number of nitrogens with zero attached hydrogens (tertiary/aromatic N) is 5. The van der Waals surface area contributed by atoms with Crippen molar-refractivity contribution in [3.63, 3.8) is 0 Å². The van der Waals surface area contributed by atoms with Crippen LogP contribution in [0.2, 0.25) is 10.2 Å². The molecule has 264 valence electrons. The highest BCUT2D eigenvalue weighted by Crippen LogP contribution is 2.39. The number of carbonyl (C=O) groups is 2. The predicted molar refractivity (Wildman–Crippen MR) is 190 cm³/mol. The summed E-state index contributed by atoms with van der Waals surface area (Å²) in [5.41, 5.74) is 0.394. The van der Waals surface area contributed by atoms with E-state index in [-0.39, 0.29) is 36.3 Å². The van der Waals surface area contributed by atoms with Gasteiger partial charge >= 0.3 is 6.09 Å². The van der Waals surface area contributed by atoms with Crippen LogP contribution >= 0.6 is 23.2 Å². The SMILES string of the molecule is CC(C)(C)OC(=O)N1C[C@@H](C2CC2)OC[C@@H]1c1ccc(-n2c(Cl)cc3c(=O)n(CC4(O)CCN(C(=O)c5ccc(Cl)cc5)CC4)cnc32)cc1. The van der Waals surface area contributed by atoms with Crippen LogP contribution in [0.25, 0.3) is 16.7 Å². The van der Waals surface area contributed by atoms with E-state index in [1.807, 2.05) is 45.0 Å². The molecule has 3 aliphatic rings. The van der Waals surface area contributed by atoms with Gasteiger partial charge < -0.3 is 19.5 Å². The van der Waals surface area contributed by atoms with Crippen LogP contribution in [0.3, 0.4) is 0 Å². The maximum absolute atomic E-state index is 13.7. The molecule has 11 nitrogen and oxygen atoms in total. The zero-order valence-corrected chi connectivity index (χ0v) is 29.9. The van der Waals surface area contributed by atoms with Crippen molar-refractivity contribution in [2.75, 3.05) is 26.2 Å². The van der Waals surface area contributed by atoms with Gasteiger partial charge in [0.2, 0.25) is 0 Å². The molecular weight excluding hydrogens is 681 g/mol. The Morgan fingerprint density at radius 1 is 1.04 bits per heavy atom. The minimum absolute atomic E-state index is 0.0102. The number of halogens is 2. The Morgan fingerprint density at radius 3 is 2.36 bits per heavy atom. The fraction of sp³-hybridized carbons (Fsp3) is 0.459. The lowest BCUT2D eigenvalue weighted by molar-refractivity contribution is -0.0780. The quantitative estimate of drug-likeness (QED) is 0.250. The lowest BCUT2D eigenvalue weighted by Crippen LogP contribution is -2.49. The third-order valence-electron chi connectivity index (χ3n) is 9.81. The van der Waals surface area contributed by atoms with Gasteiger partial charge in [0.15, 0.2) is 5.65 Å². The molecule has 1 aliphatic carbocycles. The molecule has 0 radical (unpaired) electrons. The first kappa shape index (κ1) is 34.5. The molecule has 4 heterocycles. The van der Waals surface area contributed by atoms with E-state index in [0.717, 1.165) is 18.4 Å². The molecule has 1 N–H and O–H groups in total. The summed E-state index contributed by atoms with van der Waals surface area (Å²) in [7, 11) is 0. The first-order valence-electron chi connectivity index (χ1n) is 17.0. The molecule has 4 aromatic rings. The number of benzene rings is 2. The second-order valence-corrected chi connectivity index (χ2v) is 15.5. The van der Waals surface area contributed by atoms with Gasteiger partial charge in [-0.1, -0.05) is 35.3 Å². The summed E-state index contributed by atoms with van der Waals surface area (Å²) in [6.45, 7) is 7.17. The summed E-state index contributed by atoms with van der Waals surface area (Å²) in [5.74, 6) is 0.361. The number of morpholine rings is 1. The number of piperidine rings is 1. The summed E-state index contributed by atoms with van der Waals surface area (Å²) >= 11 is 12.7. The van der Waals surface area contributed by atoms with Crippen LogP contribution in [0.4, 0.5) is 4.79 Å². The molecule has 3 fully saturated rings. The Hall–Kier alpha value is -3.90. The zero-order valence-electron chi connectivity index (χ0n) is 28.3. The number of hydrogen-bond donors (Lipinski definition) is 1. The van der Waals surface area contributed by atoms with E-state index in [2.05, 4.69) is 4.98 Å². The third kappa shape index (κ3) is 7.14. The number of aromatic nitrogens is 3. The summed E-state index contributed by atoms with van der Waals surface area (Å²) in [4.78, 5) is 48.0. The third-order valence-corrected chi connectivity index (χ3v) is 10.3. The Labute approximate surface area is 300 Å². The van der Waals surface area contributed by atoms with Crippen LogP contribution in [0.1, 0.15) is 68.4 Å². The standard InChI is InChI=1S/C37H41Cl2N5O6/c1-36(2,3)50-35(47)43-19-30(24-4-5-24)49-20-29(43)23-8-12-27(13-9-23)44-31(39)18-28-32(44)40-22-42(34(28)46)21-37(48)14-16-41(17-15-37)33(45)25-6-10-26(38)11-7-25/h6-13,18,22,24,29-30,48H,4-5,14-17,19-21H2,1-3H3/t29-,30+/m1/s1. The Morgan fingerprint density at radius 2 is 1.72 bits per heavy atom. The molecule has 13 heteroatoms. The maximum atomic E-state index is 13.7. The van der Waals surface area contributed by atoms with Crippen LogP contribution in [0, 0.1) is 5.92 Å². The molecular formula is C37H41Cl2N5O6. The highest BCUT2D eigenvalue weighted by Gasteiger charge is 2.42. The summed E-state index contributed by atoms with van der Waals surface area (Å²) in [6, 6.07) is 15.6. The van der Waals surface area contributed by atoms with Crippen LogP contribution < -0.4 is 5.56 Å². The number of fused-ring (bicyclic) bond motifs is 1. The molecule has 2 aromatic heterocycles. The first-order valence-corrected chi connectivity index (χ1v) is 17.8. The second kappa shape index (κ2) is 13.3. The van der Waals surface area contributed by atoms with E-state index >= 15 is 0 Å². The largest absolute Gasteiger partial charge is 0.444 e. The van der Waals surface area contributed by atoms with Crippen LogP contribution in [-0.2, 0) is 16.0 Å².